The highest BCUT2D eigenvalue weighted by Crippen LogP contribution is 2.31. The Morgan fingerprint density at radius 2 is 2.16 bits per heavy atom. The van der Waals surface area contributed by atoms with Crippen LogP contribution in [0.25, 0.3) is 0 Å². The van der Waals surface area contributed by atoms with E-state index in [0.717, 1.165) is 0 Å². The van der Waals surface area contributed by atoms with Crippen molar-refractivity contribution in [3.8, 4) is 0 Å². The number of hydrogen-bond acceptors (Lipinski definition) is 4. The molecule has 0 aliphatic heterocycles. The molecule has 6 heteroatoms. The fourth-order valence-electron chi connectivity index (χ4n) is 1.59. The van der Waals surface area contributed by atoms with Crippen molar-refractivity contribution in [2.45, 2.75) is 6.10 Å². The van der Waals surface area contributed by atoms with E-state index in [1.165, 1.54) is 19.2 Å². The van der Waals surface area contributed by atoms with Gasteiger partial charge in [0.2, 0.25) is 5.76 Å². The van der Waals surface area contributed by atoms with Crippen molar-refractivity contribution in [3.63, 3.8) is 0 Å². The van der Waals surface area contributed by atoms with Crippen LogP contribution < -0.4 is 0 Å². The van der Waals surface area contributed by atoms with E-state index in [1.807, 2.05) is 0 Å². The van der Waals surface area contributed by atoms with Crippen molar-refractivity contribution >= 4 is 33.5 Å². The topological polar surface area (TPSA) is 59.7 Å². The lowest BCUT2D eigenvalue weighted by Gasteiger charge is -2.10. The van der Waals surface area contributed by atoms with E-state index in [0.29, 0.717) is 15.1 Å². The van der Waals surface area contributed by atoms with Gasteiger partial charge in [-0.05, 0) is 30.3 Å². The molecule has 2 rings (SSSR count). The first-order valence-corrected chi connectivity index (χ1v) is 6.51. The van der Waals surface area contributed by atoms with Gasteiger partial charge in [-0.1, -0.05) is 27.5 Å². The molecule has 19 heavy (non-hydrogen) atoms. The van der Waals surface area contributed by atoms with Crippen LogP contribution in [-0.2, 0) is 4.74 Å². The third-order valence-electron chi connectivity index (χ3n) is 2.54. The van der Waals surface area contributed by atoms with E-state index < -0.39 is 12.1 Å². The van der Waals surface area contributed by atoms with Crippen LogP contribution >= 0.6 is 27.5 Å². The maximum absolute atomic E-state index is 11.3. The molecule has 1 heterocycles. The highest BCUT2D eigenvalue weighted by molar-refractivity contribution is 9.10. The predicted octanol–water partition coefficient (Wildman–Crippen LogP) is 3.56. The Morgan fingerprint density at radius 3 is 2.84 bits per heavy atom. The molecule has 1 aromatic heterocycles. The molecule has 1 aromatic carbocycles. The van der Waals surface area contributed by atoms with Gasteiger partial charge in [-0.3, -0.25) is 0 Å². The van der Waals surface area contributed by atoms with E-state index in [1.54, 1.807) is 18.2 Å². The second-order valence-electron chi connectivity index (χ2n) is 3.76. The van der Waals surface area contributed by atoms with Gasteiger partial charge in [0.1, 0.15) is 11.9 Å². The highest BCUT2D eigenvalue weighted by atomic mass is 79.9. The minimum absolute atomic E-state index is 0.0368. The van der Waals surface area contributed by atoms with Gasteiger partial charge in [0.15, 0.2) is 0 Å². The van der Waals surface area contributed by atoms with Crippen LogP contribution in [0.5, 0.6) is 0 Å². The molecule has 1 atom stereocenters. The molecule has 0 radical (unpaired) electrons. The number of carbonyl (C=O) groups is 1. The standard InChI is InChI=1S/C13H10BrClO4/c1-18-13(17)11-5-4-10(19-11)12(16)8-6-7(15)2-3-9(8)14/h2-6,12,16H,1H3. The summed E-state index contributed by atoms with van der Waals surface area (Å²) in [7, 11) is 1.26. The Kier molecular flexibility index (Phi) is 4.29. The zero-order valence-corrected chi connectivity index (χ0v) is 12.2. The van der Waals surface area contributed by atoms with Crippen LogP contribution in [0.2, 0.25) is 5.02 Å². The van der Waals surface area contributed by atoms with Gasteiger partial charge < -0.3 is 14.3 Å². The fourth-order valence-corrected chi connectivity index (χ4v) is 2.23. The molecule has 1 N–H and O–H groups in total. The number of rotatable bonds is 3. The summed E-state index contributed by atoms with van der Waals surface area (Å²) < 4.78 is 10.5. The number of hydrogen-bond donors (Lipinski definition) is 1. The van der Waals surface area contributed by atoms with Gasteiger partial charge in [-0.2, -0.15) is 0 Å². The fraction of sp³-hybridized carbons (Fsp3) is 0.154. The zero-order chi connectivity index (χ0) is 14.0. The third-order valence-corrected chi connectivity index (χ3v) is 3.49. The number of benzene rings is 1. The first-order valence-electron chi connectivity index (χ1n) is 5.34. The second kappa shape index (κ2) is 5.77. The number of carbonyl (C=O) groups excluding carboxylic acids is 1. The van der Waals surface area contributed by atoms with Crippen LogP contribution in [0.4, 0.5) is 0 Å². The SMILES string of the molecule is COC(=O)c1ccc(C(O)c2cc(Cl)ccc2Br)o1. The molecule has 0 aliphatic rings. The van der Waals surface area contributed by atoms with Crippen LogP contribution in [0.1, 0.15) is 28.0 Å². The van der Waals surface area contributed by atoms with E-state index in [-0.39, 0.29) is 11.5 Å². The Bertz CT molecular complexity index is 608. The van der Waals surface area contributed by atoms with E-state index >= 15 is 0 Å². The minimum atomic E-state index is -1.02. The second-order valence-corrected chi connectivity index (χ2v) is 5.05. The summed E-state index contributed by atoms with van der Waals surface area (Å²) in [5.74, 6) is -0.318. The number of halogens is 2. The minimum Gasteiger partial charge on any atom is -0.463 e. The van der Waals surface area contributed by atoms with Gasteiger partial charge >= 0.3 is 5.97 Å². The maximum Gasteiger partial charge on any atom is 0.373 e. The Labute approximate surface area is 123 Å². The molecule has 0 bridgehead atoms. The van der Waals surface area contributed by atoms with Gasteiger partial charge in [-0.25, -0.2) is 4.79 Å². The van der Waals surface area contributed by atoms with Crippen molar-refractivity contribution in [3.05, 3.63) is 56.9 Å². The third kappa shape index (κ3) is 3.00. The molecule has 0 aliphatic carbocycles. The molecule has 4 nitrogen and oxygen atoms in total. The van der Waals surface area contributed by atoms with Crippen LogP contribution in [0, 0.1) is 0 Å². The van der Waals surface area contributed by atoms with Crippen LogP contribution in [0.15, 0.2) is 39.2 Å². The van der Waals surface area contributed by atoms with Crippen molar-refractivity contribution in [2.75, 3.05) is 7.11 Å². The van der Waals surface area contributed by atoms with Crippen LogP contribution in [-0.4, -0.2) is 18.2 Å². The Morgan fingerprint density at radius 1 is 1.42 bits per heavy atom. The summed E-state index contributed by atoms with van der Waals surface area (Å²) in [5.41, 5.74) is 0.554. The van der Waals surface area contributed by atoms with Crippen molar-refractivity contribution in [1.82, 2.24) is 0 Å². The summed E-state index contributed by atoms with van der Waals surface area (Å²) in [6.45, 7) is 0. The molecule has 100 valence electrons. The summed E-state index contributed by atoms with van der Waals surface area (Å²) >= 11 is 9.22. The average Bonchev–Trinajstić information content (AvgIpc) is 2.89. The largest absolute Gasteiger partial charge is 0.463 e. The first kappa shape index (κ1) is 14.1. The highest BCUT2D eigenvalue weighted by Gasteiger charge is 2.20. The number of aliphatic hydroxyl groups excluding tert-OH is 1. The molecule has 0 saturated heterocycles. The number of aliphatic hydroxyl groups is 1. The molecular weight excluding hydrogens is 335 g/mol. The lowest BCUT2D eigenvalue weighted by atomic mass is 10.1. The molecule has 2 aromatic rings. The van der Waals surface area contributed by atoms with Crippen molar-refractivity contribution in [1.29, 1.82) is 0 Å². The van der Waals surface area contributed by atoms with Gasteiger partial charge in [0.05, 0.1) is 7.11 Å². The average molecular weight is 346 g/mol. The predicted molar refractivity (Wildman–Crippen MR) is 73.3 cm³/mol. The number of furan rings is 1. The van der Waals surface area contributed by atoms with E-state index in [2.05, 4.69) is 20.7 Å². The van der Waals surface area contributed by atoms with Crippen molar-refractivity contribution in [2.24, 2.45) is 0 Å². The summed E-state index contributed by atoms with van der Waals surface area (Å²) in [4.78, 5) is 11.3. The van der Waals surface area contributed by atoms with E-state index in [9.17, 15) is 9.90 Å². The first-order chi connectivity index (χ1) is 9.02. The van der Waals surface area contributed by atoms with Crippen molar-refractivity contribution < 1.29 is 19.1 Å². The van der Waals surface area contributed by atoms with E-state index in [4.69, 9.17) is 16.0 Å². The normalized spacial score (nSPS) is 12.2. The Hall–Kier alpha value is -1.30. The quantitative estimate of drug-likeness (QED) is 0.864. The number of methoxy groups -OCH3 is 1. The molecule has 0 amide bonds. The number of esters is 1. The summed E-state index contributed by atoms with van der Waals surface area (Å²) in [6, 6.07) is 8.01. The maximum atomic E-state index is 11.3. The Balaban J connectivity index is 2.33. The summed E-state index contributed by atoms with van der Waals surface area (Å²) in [6.07, 6.45) is -1.02. The number of ether oxygens (including phenoxy) is 1. The summed E-state index contributed by atoms with van der Waals surface area (Å²) in [5, 5.41) is 10.7. The van der Waals surface area contributed by atoms with Gasteiger partial charge in [-0.15, -0.1) is 0 Å². The van der Waals surface area contributed by atoms with Gasteiger partial charge in [0.25, 0.3) is 0 Å². The molecule has 1 unspecified atom stereocenters. The molecule has 0 fully saturated rings. The monoisotopic (exact) mass is 344 g/mol. The molecule has 0 saturated carbocycles. The lowest BCUT2D eigenvalue weighted by Crippen LogP contribution is -2.01. The van der Waals surface area contributed by atoms with Gasteiger partial charge in [0, 0.05) is 15.1 Å². The molecule has 0 spiro atoms. The lowest BCUT2D eigenvalue weighted by molar-refractivity contribution is 0.0558. The smallest absolute Gasteiger partial charge is 0.373 e. The molecular formula is C13H10BrClO4. The van der Waals surface area contributed by atoms with Crippen LogP contribution in [0.3, 0.4) is 0 Å². The zero-order valence-electron chi connectivity index (χ0n) is 9.89.